The summed E-state index contributed by atoms with van der Waals surface area (Å²) in [6, 6.07) is 23.7. The van der Waals surface area contributed by atoms with E-state index in [9.17, 15) is 9.59 Å². The van der Waals surface area contributed by atoms with Crippen LogP contribution in [0.15, 0.2) is 84.4 Å². The van der Waals surface area contributed by atoms with Crippen molar-refractivity contribution in [2.75, 3.05) is 4.90 Å². The molecule has 1 aliphatic heterocycles. The van der Waals surface area contributed by atoms with Gasteiger partial charge >= 0.3 is 0 Å². The zero-order chi connectivity index (χ0) is 23.8. The third-order valence-electron chi connectivity index (χ3n) is 5.52. The summed E-state index contributed by atoms with van der Waals surface area (Å²) in [6.07, 6.45) is 1.56. The fraction of sp³-hybridized carbons (Fsp3) is 0.0385. The molecule has 0 spiro atoms. The van der Waals surface area contributed by atoms with Gasteiger partial charge in [-0.3, -0.25) is 19.8 Å². The van der Waals surface area contributed by atoms with E-state index in [-0.39, 0.29) is 10.7 Å². The van der Waals surface area contributed by atoms with Gasteiger partial charge in [-0.2, -0.15) is 0 Å². The fourth-order valence-corrected chi connectivity index (χ4v) is 4.30. The summed E-state index contributed by atoms with van der Waals surface area (Å²) < 4.78 is 8.09. The summed E-state index contributed by atoms with van der Waals surface area (Å²) in [4.78, 5) is 27.6. The minimum atomic E-state index is -0.571. The van der Waals surface area contributed by atoms with Gasteiger partial charge < -0.3 is 9.30 Å². The maximum Gasteiger partial charge on any atom is 0.270 e. The van der Waals surface area contributed by atoms with Gasteiger partial charge in [0.1, 0.15) is 11.3 Å². The van der Waals surface area contributed by atoms with Crippen LogP contribution in [0.5, 0.6) is 11.6 Å². The molecule has 1 aromatic heterocycles. The Hall–Kier alpha value is -3.94. The van der Waals surface area contributed by atoms with Crippen LogP contribution >= 0.6 is 23.8 Å². The van der Waals surface area contributed by atoms with Crippen LogP contribution in [-0.4, -0.2) is 21.5 Å². The number of rotatable bonds is 4. The number of halogens is 1. The van der Waals surface area contributed by atoms with Crippen molar-refractivity contribution in [1.29, 1.82) is 0 Å². The molecule has 1 saturated heterocycles. The van der Waals surface area contributed by atoms with Gasteiger partial charge in [-0.05, 0) is 60.8 Å². The zero-order valence-electron chi connectivity index (χ0n) is 18.0. The van der Waals surface area contributed by atoms with E-state index in [1.807, 2.05) is 66.2 Å². The highest BCUT2D eigenvalue weighted by Crippen LogP contribution is 2.36. The molecule has 6 nitrogen and oxygen atoms in total. The Morgan fingerprint density at radius 1 is 0.941 bits per heavy atom. The third kappa shape index (κ3) is 3.85. The summed E-state index contributed by atoms with van der Waals surface area (Å²) in [7, 11) is 1.88. The maximum atomic E-state index is 13.5. The van der Waals surface area contributed by atoms with E-state index < -0.39 is 11.8 Å². The minimum absolute atomic E-state index is 0.00755. The van der Waals surface area contributed by atoms with Crippen LogP contribution in [0.1, 0.15) is 5.56 Å². The van der Waals surface area contributed by atoms with Crippen LogP contribution in [0.25, 0.3) is 17.0 Å². The lowest BCUT2D eigenvalue weighted by atomic mass is 10.1. The van der Waals surface area contributed by atoms with Crippen molar-refractivity contribution in [3.63, 3.8) is 0 Å². The molecule has 0 saturated carbocycles. The topological polar surface area (TPSA) is 63.6 Å². The summed E-state index contributed by atoms with van der Waals surface area (Å²) in [5, 5.41) is 3.99. The monoisotopic (exact) mass is 487 g/mol. The van der Waals surface area contributed by atoms with Crippen LogP contribution in [0.2, 0.25) is 5.02 Å². The fourth-order valence-electron chi connectivity index (χ4n) is 3.89. The van der Waals surface area contributed by atoms with Crippen molar-refractivity contribution >= 4 is 63.4 Å². The first-order valence-corrected chi connectivity index (χ1v) is 11.2. The number of hydrogen-bond donors (Lipinski definition) is 1. The van der Waals surface area contributed by atoms with Crippen molar-refractivity contribution in [2.45, 2.75) is 0 Å². The molecule has 1 aliphatic rings. The Morgan fingerprint density at radius 2 is 1.62 bits per heavy atom. The van der Waals surface area contributed by atoms with Gasteiger partial charge in [0.05, 0.1) is 11.2 Å². The number of aryl methyl sites for hydroxylation is 1. The predicted octanol–water partition coefficient (Wildman–Crippen LogP) is 5.46. The molecule has 2 heterocycles. The highest BCUT2D eigenvalue weighted by Gasteiger charge is 2.35. The molecule has 168 valence electrons. The summed E-state index contributed by atoms with van der Waals surface area (Å²) in [5.74, 6) is 0.0385. The van der Waals surface area contributed by atoms with Crippen molar-refractivity contribution < 1.29 is 14.3 Å². The lowest BCUT2D eigenvalue weighted by molar-refractivity contribution is -0.122. The number of aromatic nitrogens is 1. The standard InChI is InChI=1S/C26H18ClN3O3S/c1-29-22-10-6-5-9-19(22)20(25(29)33-18-7-3-2-4-8-18)15-21-23(31)28-26(34)30(24(21)32)17-13-11-16(27)12-14-17/h2-15H,1H3,(H,28,31,34). The number of carbonyl (C=O) groups is 2. The number of nitrogens with zero attached hydrogens (tertiary/aromatic N) is 2. The van der Waals surface area contributed by atoms with E-state index >= 15 is 0 Å². The lowest BCUT2D eigenvalue weighted by Crippen LogP contribution is -2.54. The van der Waals surface area contributed by atoms with E-state index in [1.165, 1.54) is 4.90 Å². The number of para-hydroxylation sites is 2. The Labute approximate surface area is 206 Å². The van der Waals surface area contributed by atoms with Crippen molar-refractivity contribution in [3.05, 3.63) is 95.0 Å². The number of anilines is 1. The Balaban J connectivity index is 1.65. The summed E-state index contributed by atoms with van der Waals surface area (Å²) in [5.41, 5.74) is 1.96. The number of amides is 2. The average molecular weight is 488 g/mol. The molecule has 4 aromatic rings. The molecule has 8 heteroatoms. The predicted molar refractivity (Wildman–Crippen MR) is 137 cm³/mol. The van der Waals surface area contributed by atoms with Crippen LogP contribution < -0.4 is 15.0 Å². The second-order valence-corrected chi connectivity index (χ2v) is 8.47. The summed E-state index contributed by atoms with van der Waals surface area (Å²) >= 11 is 11.3. The van der Waals surface area contributed by atoms with Gasteiger partial charge in [0.15, 0.2) is 5.11 Å². The molecular weight excluding hydrogens is 470 g/mol. The zero-order valence-corrected chi connectivity index (χ0v) is 19.6. The molecule has 1 N–H and O–H groups in total. The first kappa shape index (κ1) is 21.9. The first-order chi connectivity index (χ1) is 16.4. The molecule has 34 heavy (non-hydrogen) atoms. The van der Waals surface area contributed by atoms with Gasteiger partial charge in [0.2, 0.25) is 5.88 Å². The molecular formula is C26H18ClN3O3S. The third-order valence-corrected chi connectivity index (χ3v) is 6.06. The molecule has 0 bridgehead atoms. The highest BCUT2D eigenvalue weighted by atomic mass is 35.5. The smallest absolute Gasteiger partial charge is 0.270 e. The molecule has 0 atom stereocenters. The van der Waals surface area contributed by atoms with Gasteiger partial charge in [0, 0.05) is 23.0 Å². The molecule has 0 radical (unpaired) electrons. The normalized spacial score (nSPS) is 15.2. The Kier molecular flexibility index (Phi) is 5.65. The van der Waals surface area contributed by atoms with Crippen LogP contribution in [0.3, 0.4) is 0 Å². The minimum Gasteiger partial charge on any atom is -0.440 e. The van der Waals surface area contributed by atoms with Gasteiger partial charge in [-0.1, -0.05) is 48.0 Å². The van der Waals surface area contributed by atoms with E-state index in [1.54, 1.807) is 30.3 Å². The number of thiocarbonyl (C=S) groups is 1. The molecule has 5 rings (SSSR count). The van der Waals surface area contributed by atoms with Crippen molar-refractivity contribution in [3.8, 4) is 11.6 Å². The van der Waals surface area contributed by atoms with E-state index in [4.69, 9.17) is 28.6 Å². The van der Waals surface area contributed by atoms with Gasteiger partial charge in [-0.25, -0.2) is 0 Å². The Morgan fingerprint density at radius 3 is 2.35 bits per heavy atom. The number of carbonyl (C=O) groups excluding carboxylic acids is 2. The van der Waals surface area contributed by atoms with E-state index in [0.717, 1.165) is 10.9 Å². The maximum absolute atomic E-state index is 13.5. The number of ether oxygens (including phenoxy) is 1. The molecule has 0 unspecified atom stereocenters. The number of benzene rings is 3. The van der Waals surface area contributed by atoms with E-state index in [2.05, 4.69) is 5.32 Å². The summed E-state index contributed by atoms with van der Waals surface area (Å²) in [6.45, 7) is 0. The second kappa shape index (κ2) is 8.78. The first-order valence-electron chi connectivity index (χ1n) is 10.4. The molecule has 0 aliphatic carbocycles. The number of fused-ring (bicyclic) bond motifs is 1. The Bertz CT molecular complexity index is 1480. The van der Waals surface area contributed by atoms with Crippen molar-refractivity contribution in [2.24, 2.45) is 7.05 Å². The molecule has 2 amide bonds. The van der Waals surface area contributed by atoms with Gasteiger partial charge in [0.25, 0.3) is 11.8 Å². The van der Waals surface area contributed by atoms with E-state index in [0.29, 0.717) is 27.9 Å². The van der Waals surface area contributed by atoms with Gasteiger partial charge in [-0.15, -0.1) is 0 Å². The van der Waals surface area contributed by atoms with Crippen LogP contribution in [0, 0.1) is 0 Å². The number of hydrogen-bond acceptors (Lipinski definition) is 4. The average Bonchev–Trinajstić information content (AvgIpc) is 3.09. The second-order valence-electron chi connectivity index (χ2n) is 7.64. The van der Waals surface area contributed by atoms with Crippen LogP contribution in [0.4, 0.5) is 5.69 Å². The lowest BCUT2D eigenvalue weighted by Gasteiger charge is -2.29. The molecule has 1 fully saturated rings. The highest BCUT2D eigenvalue weighted by molar-refractivity contribution is 7.80. The SMILES string of the molecule is Cn1c(Oc2ccccc2)c(C=C2C(=O)NC(=S)N(c3ccc(Cl)cc3)C2=O)c2ccccc21. The molecule has 3 aromatic carbocycles. The van der Waals surface area contributed by atoms with Crippen LogP contribution in [-0.2, 0) is 16.6 Å². The quantitative estimate of drug-likeness (QED) is 0.236. The largest absolute Gasteiger partial charge is 0.440 e. The van der Waals surface area contributed by atoms with Crippen molar-refractivity contribution in [1.82, 2.24) is 9.88 Å². The number of nitrogens with one attached hydrogen (secondary N) is 1.